The Morgan fingerprint density at radius 3 is 3.17 bits per heavy atom. The van der Waals surface area contributed by atoms with E-state index < -0.39 is 0 Å². The molecule has 0 aliphatic carbocycles. The van der Waals surface area contributed by atoms with Crippen LogP contribution in [0.25, 0.3) is 0 Å². The molecule has 1 heterocycles. The summed E-state index contributed by atoms with van der Waals surface area (Å²) in [5.41, 5.74) is 7.28. The Morgan fingerprint density at radius 2 is 2.33 bits per heavy atom. The first-order chi connectivity index (χ1) is 5.77. The third-order valence-electron chi connectivity index (χ3n) is 1.67. The zero-order valence-corrected chi connectivity index (χ0v) is 7.15. The Hall–Kier alpha value is -1.16. The third-order valence-corrected chi connectivity index (χ3v) is 2.82. The maximum absolute atomic E-state index is 11.0. The lowest BCUT2D eigenvalue weighted by Crippen LogP contribution is -2.19. The smallest absolute Gasteiger partial charge is 0.234 e. The van der Waals surface area contributed by atoms with E-state index in [2.05, 4.69) is 5.32 Å². The van der Waals surface area contributed by atoms with Gasteiger partial charge in [0.15, 0.2) is 0 Å². The predicted octanol–water partition coefficient (Wildman–Crippen LogP) is 1.31. The number of benzene rings is 1. The molecular formula is C8H8N2OS. The number of amides is 1. The van der Waals surface area contributed by atoms with Gasteiger partial charge in [0.2, 0.25) is 5.91 Å². The van der Waals surface area contributed by atoms with Gasteiger partial charge in [-0.05, 0) is 12.1 Å². The van der Waals surface area contributed by atoms with Gasteiger partial charge >= 0.3 is 0 Å². The zero-order valence-electron chi connectivity index (χ0n) is 6.33. The largest absolute Gasteiger partial charge is 0.398 e. The van der Waals surface area contributed by atoms with E-state index in [0.717, 1.165) is 16.3 Å². The fraction of sp³-hybridized carbons (Fsp3) is 0.125. The van der Waals surface area contributed by atoms with Crippen LogP contribution in [0.1, 0.15) is 0 Å². The maximum Gasteiger partial charge on any atom is 0.234 e. The molecule has 0 radical (unpaired) electrons. The molecule has 3 N–H and O–H groups in total. The normalized spacial score (nSPS) is 15.2. The number of anilines is 2. The van der Waals surface area contributed by atoms with Gasteiger partial charge in [0.25, 0.3) is 0 Å². The van der Waals surface area contributed by atoms with Gasteiger partial charge in [-0.15, -0.1) is 11.8 Å². The van der Waals surface area contributed by atoms with Crippen molar-refractivity contribution in [3.63, 3.8) is 0 Å². The van der Waals surface area contributed by atoms with E-state index >= 15 is 0 Å². The van der Waals surface area contributed by atoms with E-state index in [1.54, 1.807) is 0 Å². The van der Waals surface area contributed by atoms with Crippen molar-refractivity contribution in [2.24, 2.45) is 0 Å². The van der Waals surface area contributed by atoms with Crippen molar-refractivity contribution in [2.75, 3.05) is 16.8 Å². The highest BCUT2D eigenvalue weighted by Crippen LogP contribution is 2.35. The Balaban J connectivity index is 2.48. The SMILES string of the molecule is Nc1cccc2c1SCC(=O)N2. The molecule has 1 aromatic carbocycles. The fourth-order valence-electron chi connectivity index (χ4n) is 1.14. The summed E-state index contributed by atoms with van der Waals surface area (Å²) in [5.74, 6) is 0.499. The summed E-state index contributed by atoms with van der Waals surface area (Å²) in [6, 6.07) is 5.53. The number of rotatable bonds is 0. The third kappa shape index (κ3) is 1.14. The predicted molar refractivity (Wildman–Crippen MR) is 50.2 cm³/mol. The highest BCUT2D eigenvalue weighted by molar-refractivity contribution is 8.00. The molecule has 0 saturated carbocycles. The molecule has 0 spiro atoms. The molecule has 0 unspecified atom stereocenters. The molecule has 1 aromatic rings. The minimum atomic E-state index is 0.0399. The Labute approximate surface area is 74.3 Å². The molecule has 0 bridgehead atoms. The Kier molecular flexibility index (Phi) is 1.69. The van der Waals surface area contributed by atoms with Crippen LogP contribution in [0, 0.1) is 0 Å². The van der Waals surface area contributed by atoms with Crippen LogP contribution in [-0.4, -0.2) is 11.7 Å². The van der Waals surface area contributed by atoms with Gasteiger partial charge in [-0.1, -0.05) is 6.07 Å². The van der Waals surface area contributed by atoms with Gasteiger partial charge in [-0.25, -0.2) is 0 Å². The monoisotopic (exact) mass is 180 g/mol. The topological polar surface area (TPSA) is 55.1 Å². The second-order valence-corrected chi connectivity index (χ2v) is 3.55. The molecule has 4 heteroatoms. The first kappa shape index (κ1) is 7.49. The van der Waals surface area contributed by atoms with E-state index in [9.17, 15) is 4.79 Å². The van der Waals surface area contributed by atoms with Crippen molar-refractivity contribution in [3.05, 3.63) is 18.2 Å². The van der Waals surface area contributed by atoms with E-state index in [1.807, 2.05) is 18.2 Å². The summed E-state index contributed by atoms with van der Waals surface area (Å²) in [6.45, 7) is 0. The van der Waals surface area contributed by atoms with Crippen molar-refractivity contribution in [3.8, 4) is 0 Å². The number of hydrogen-bond donors (Lipinski definition) is 2. The molecule has 3 nitrogen and oxygen atoms in total. The molecule has 1 amide bonds. The summed E-state index contributed by atoms with van der Waals surface area (Å²) >= 11 is 1.49. The molecule has 0 aromatic heterocycles. The quantitative estimate of drug-likeness (QED) is 0.592. The molecule has 0 saturated heterocycles. The van der Waals surface area contributed by atoms with Gasteiger partial charge in [-0.3, -0.25) is 4.79 Å². The number of carbonyl (C=O) groups excluding carboxylic acids is 1. The molecule has 0 atom stereocenters. The molecule has 62 valence electrons. The highest BCUT2D eigenvalue weighted by atomic mass is 32.2. The van der Waals surface area contributed by atoms with Crippen molar-refractivity contribution >= 4 is 29.0 Å². The summed E-state index contributed by atoms with van der Waals surface area (Å²) in [4.78, 5) is 11.9. The van der Waals surface area contributed by atoms with Crippen LogP contribution in [0.3, 0.4) is 0 Å². The van der Waals surface area contributed by atoms with Crippen molar-refractivity contribution < 1.29 is 4.79 Å². The summed E-state index contributed by atoms with van der Waals surface area (Å²) in [5, 5.41) is 2.76. The first-order valence-corrected chi connectivity index (χ1v) is 4.57. The highest BCUT2D eigenvalue weighted by Gasteiger charge is 2.16. The molecule has 0 fully saturated rings. The maximum atomic E-state index is 11.0. The summed E-state index contributed by atoms with van der Waals surface area (Å²) < 4.78 is 0. The molecular weight excluding hydrogens is 172 g/mol. The van der Waals surface area contributed by atoms with Gasteiger partial charge < -0.3 is 11.1 Å². The van der Waals surface area contributed by atoms with Gasteiger partial charge in [-0.2, -0.15) is 0 Å². The fourth-order valence-corrected chi connectivity index (χ4v) is 2.00. The van der Waals surface area contributed by atoms with Crippen LogP contribution in [-0.2, 0) is 4.79 Å². The minimum Gasteiger partial charge on any atom is -0.398 e. The van der Waals surface area contributed by atoms with E-state index in [-0.39, 0.29) is 5.91 Å². The van der Waals surface area contributed by atoms with Crippen molar-refractivity contribution in [2.45, 2.75) is 4.90 Å². The van der Waals surface area contributed by atoms with E-state index in [1.165, 1.54) is 11.8 Å². The lowest BCUT2D eigenvalue weighted by Gasteiger charge is -2.17. The van der Waals surface area contributed by atoms with Gasteiger partial charge in [0, 0.05) is 5.69 Å². The number of nitrogens with two attached hydrogens (primary N) is 1. The lowest BCUT2D eigenvalue weighted by molar-refractivity contribution is -0.113. The lowest BCUT2D eigenvalue weighted by atomic mass is 10.3. The van der Waals surface area contributed by atoms with Gasteiger partial charge in [0.05, 0.1) is 16.3 Å². The summed E-state index contributed by atoms with van der Waals surface area (Å²) in [7, 11) is 0. The second-order valence-electron chi connectivity index (χ2n) is 2.56. The van der Waals surface area contributed by atoms with Crippen molar-refractivity contribution in [1.29, 1.82) is 0 Å². The number of fused-ring (bicyclic) bond motifs is 1. The van der Waals surface area contributed by atoms with E-state index in [0.29, 0.717) is 5.75 Å². The molecule has 1 aliphatic heterocycles. The number of nitrogen functional groups attached to an aromatic ring is 1. The molecule has 12 heavy (non-hydrogen) atoms. The van der Waals surface area contributed by atoms with Crippen LogP contribution in [0.2, 0.25) is 0 Å². The van der Waals surface area contributed by atoms with E-state index in [4.69, 9.17) is 5.73 Å². The molecule has 2 rings (SSSR count). The van der Waals surface area contributed by atoms with Crippen LogP contribution in [0.4, 0.5) is 11.4 Å². The number of carbonyl (C=O) groups is 1. The number of thioether (sulfide) groups is 1. The second kappa shape index (κ2) is 2.71. The first-order valence-electron chi connectivity index (χ1n) is 3.58. The Morgan fingerprint density at radius 1 is 1.50 bits per heavy atom. The number of hydrogen-bond acceptors (Lipinski definition) is 3. The molecule has 1 aliphatic rings. The number of nitrogens with one attached hydrogen (secondary N) is 1. The van der Waals surface area contributed by atoms with Crippen molar-refractivity contribution in [1.82, 2.24) is 0 Å². The Bertz CT molecular complexity index is 338. The average Bonchev–Trinajstić information content (AvgIpc) is 2.04. The van der Waals surface area contributed by atoms with Crippen LogP contribution < -0.4 is 11.1 Å². The van der Waals surface area contributed by atoms with Gasteiger partial charge in [0.1, 0.15) is 0 Å². The average molecular weight is 180 g/mol. The van der Waals surface area contributed by atoms with Crippen LogP contribution >= 0.6 is 11.8 Å². The zero-order chi connectivity index (χ0) is 8.55. The summed E-state index contributed by atoms with van der Waals surface area (Å²) in [6.07, 6.45) is 0. The minimum absolute atomic E-state index is 0.0399. The van der Waals surface area contributed by atoms with Crippen LogP contribution in [0.5, 0.6) is 0 Å². The standard InChI is InChI=1S/C8H8N2OS/c9-5-2-1-3-6-8(5)12-4-7(11)10-6/h1-3H,4,9H2,(H,10,11). The van der Waals surface area contributed by atoms with Crippen LogP contribution in [0.15, 0.2) is 23.1 Å².